The highest BCUT2D eigenvalue weighted by molar-refractivity contribution is 5.96. The molecular weight excluding hydrogens is 364 g/mol. The summed E-state index contributed by atoms with van der Waals surface area (Å²) in [6.45, 7) is 4.81. The first kappa shape index (κ1) is 19.8. The zero-order valence-electron chi connectivity index (χ0n) is 17.2. The number of hydrogen-bond donors (Lipinski definition) is 0. The van der Waals surface area contributed by atoms with Crippen LogP contribution < -0.4 is 9.47 Å². The average molecular weight is 395 g/mol. The molecule has 2 aromatic carbocycles. The highest BCUT2D eigenvalue weighted by Gasteiger charge is 2.24. The Labute approximate surface area is 173 Å². The number of piperidine rings is 1. The lowest BCUT2D eigenvalue weighted by Gasteiger charge is -2.33. The number of carbonyl (C=O) groups excluding carboxylic acids is 1. The smallest absolute Gasteiger partial charge is 0.254 e. The number of ether oxygens (including phenoxy) is 2. The zero-order valence-corrected chi connectivity index (χ0v) is 17.2. The van der Waals surface area contributed by atoms with Gasteiger partial charge in [-0.25, -0.2) is 0 Å². The van der Waals surface area contributed by atoms with Crippen molar-refractivity contribution in [2.45, 2.75) is 31.8 Å². The molecule has 1 fully saturated rings. The largest absolute Gasteiger partial charge is 0.497 e. The molecule has 2 aliphatic rings. The molecule has 0 radical (unpaired) electrons. The number of hydrogen-bond acceptors (Lipinski definition) is 4. The molecule has 1 saturated heterocycles. The lowest BCUT2D eigenvalue weighted by atomic mass is 9.99. The van der Waals surface area contributed by atoms with Crippen LogP contribution in [0.2, 0.25) is 0 Å². The van der Waals surface area contributed by atoms with Gasteiger partial charge in [0, 0.05) is 37.8 Å². The van der Waals surface area contributed by atoms with Gasteiger partial charge in [-0.3, -0.25) is 4.79 Å². The fraction of sp³-hybridized carbons (Fsp3) is 0.458. The van der Waals surface area contributed by atoms with E-state index >= 15 is 0 Å². The molecule has 0 spiro atoms. The summed E-state index contributed by atoms with van der Waals surface area (Å²) in [4.78, 5) is 17.2. The minimum absolute atomic E-state index is 0.192. The van der Waals surface area contributed by atoms with Gasteiger partial charge in [-0.15, -0.1) is 0 Å². The van der Waals surface area contributed by atoms with Crippen molar-refractivity contribution in [2.24, 2.45) is 0 Å². The number of amides is 1. The summed E-state index contributed by atoms with van der Waals surface area (Å²) in [5.41, 5.74) is 2.07. The number of benzene rings is 2. The van der Waals surface area contributed by atoms with Gasteiger partial charge in [0.25, 0.3) is 5.91 Å². The van der Waals surface area contributed by atoms with E-state index < -0.39 is 0 Å². The first-order valence-electron chi connectivity index (χ1n) is 10.6. The summed E-state index contributed by atoms with van der Waals surface area (Å²) in [7, 11) is 1.67. The minimum atomic E-state index is 0.192. The van der Waals surface area contributed by atoms with Crippen molar-refractivity contribution >= 4 is 5.91 Å². The molecule has 0 aromatic heterocycles. The summed E-state index contributed by atoms with van der Waals surface area (Å²) in [6.07, 6.45) is 4.32. The van der Waals surface area contributed by atoms with Crippen LogP contribution in [0.4, 0.5) is 0 Å². The number of methoxy groups -OCH3 is 1. The van der Waals surface area contributed by atoms with E-state index in [1.807, 2.05) is 47.4 Å². The fourth-order valence-electron chi connectivity index (χ4n) is 4.29. The van der Waals surface area contributed by atoms with E-state index in [1.165, 1.54) is 5.56 Å². The second kappa shape index (κ2) is 9.31. The van der Waals surface area contributed by atoms with Crippen LogP contribution >= 0.6 is 0 Å². The lowest BCUT2D eigenvalue weighted by Crippen LogP contribution is -2.41. The van der Waals surface area contributed by atoms with Crippen LogP contribution in [0.15, 0.2) is 48.5 Å². The van der Waals surface area contributed by atoms with E-state index in [1.54, 1.807) is 7.11 Å². The van der Waals surface area contributed by atoms with Crippen LogP contribution in [0.5, 0.6) is 11.5 Å². The molecule has 5 heteroatoms. The molecule has 29 heavy (non-hydrogen) atoms. The minimum Gasteiger partial charge on any atom is -0.497 e. The predicted octanol–water partition coefficient (Wildman–Crippen LogP) is 3.63. The van der Waals surface area contributed by atoms with Gasteiger partial charge in [0.1, 0.15) is 17.6 Å². The average Bonchev–Trinajstić information content (AvgIpc) is 2.77. The Bertz CT molecular complexity index is 830. The van der Waals surface area contributed by atoms with E-state index in [0.29, 0.717) is 0 Å². The predicted molar refractivity (Wildman–Crippen MR) is 114 cm³/mol. The third-order valence-corrected chi connectivity index (χ3v) is 5.97. The Kier molecular flexibility index (Phi) is 6.35. The van der Waals surface area contributed by atoms with E-state index in [4.69, 9.17) is 9.47 Å². The number of likely N-dealkylation sites (tertiary alicyclic amines) is 1. The molecule has 2 heterocycles. The lowest BCUT2D eigenvalue weighted by molar-refractivity contribution is 0.0716. The van der Waals surface area contributed by atoms with Gasteiger partial charge >= 0.3 is 0 Å². The fourth-order valence-corrected chi connectivity index (χ4v) is 4.29. The van der Waals surface area contributed by atoms with Crippen LogP contribution in [0.1, 0.15) is 35.2 Å². The van der Waals surface area contributed by atoms with Gasteiger partial charge in [-0.05, 0) is 56.0 Å². The van der Waals surface area contributed by atoms with Crippen molar-refractivity contribution in [2.75, 3.05) is 39.8 Å². The molecule has 5 nitrogen and oxygen atoms in total. The van der Waals surface area contributed by atoms with E-state index in [9.17, 15) is 4.79 Å². The standard InChI is InChI=1S/C24H30N2O3/c1-28-21-7-4-8-22(18-21)29-20-11-15-25(16-12-20)13-5-14-26-17-10-19-6-2-3-9-23(19)24(26)27/h2-4,6-9,18,20H,5,10-17H2,1H3. The highest BCUT2D eigenvalue weighted by atomic mass is 16.5. The van der Waals surface area contributed by atoms with E-state index in [-0.39, 0.29) is 12.0 Å². The molecule has 0 aliphatic carbocycles. The maximum absolute atomic E-state index is 12.6. The molecule has 0 saturated carbocycles. The molecule has 2 aromatic rings. The number of fused-ring (bicyclic) bond motifs is 1. The Hall–Kier alpha value is -2.53. The Morgan fingerprint density at radius 2 is 1.76 bits per heavy atom. The maximum atomic E-state index is 12.6. The summed E-state index contributed by atoms with van der Waals surface area (Å²) < 4.78 is 11.4. The number of rotatable bonds is 7. The van der Waals surface area contributed by atoms with Crippen LogP contribution in [-0.2, 0) is 6.42 Å². The van der Waals surface area contributed by atoms with Crippen LogP contribution in [0, 0.1) is 0 Å². The molecule has 0 atom stereocenters. The summed E-state index contributed by atoms with van der Waals surface area (Å²) in [5, 5.41) is 0. The van der Waals surface area contributed by atoms with Crippen molar-refractivity contribution in [3.63, 3.8) is 0 Å². The van der Waals surface area contributed by atoms with Crippen molar-refractivity contribution in [3.8, 4) is 11.5 Å². The van der Waals surface area contributed by atoms with Crippen molar-refractivity contribution in [1.29, 1.82) is 0 Å². The molecule has 154 valence electrons. The second-order valence-electron chi connectivity index (χ2n) is 7.89. The molecule has 4 rings (SSSR count). The zero-order chi connectivity index (χ0) is 20.1. The van der Waals surface area contributed by atoms with Crippen LogP contribution in [0.3, 0.4) is 0 Å². The molecule has 0 bridgehead atoms. The molecular formula is C24H30N2O3. The first-order valence-corrected chi connectivity index (χ1v) is 10.6. The van der Waals surface area contributed by atoms with Gasteiger partial charge in [0.15, 0.2) is 0 Å². The summed E-state index contributed by atoms with van der Waals surface area (Å²) in [6, 6.07) is 15.8. The number of nitrogens with zero attached hydrogens (tertiary/aromatic N) is 2. The van der Waals surface area contributed by atoms with Gasteiger partial charge in [-0.2, -0.15) is 0 Å². The van der Waals surface area contributed by atoms with Crippen molar-refractivity contribution in [3.05, 3.63) is 59.7 Å². The third kappa shape index (κ3) is 4.91. The maximum Gasteiger partial charge on any atom is 0.254 e. The second-order valence-corrected chi connectivity index (χ2v) is 7.89. The van der Waals surface area contributed by atoms with Gasteiger partial charge in [0.2, 0.25) is 0 Å². The molecule has 1 amide bonds. The quantitative estimate of drug-likeness (QED) is 0.719. The topological polar surface area (TPSA) is 42.0 Å². The number of carbonyl (C=O) groups is 1. The van der Waals surface area contributed by atoms with Gasteiger partial charge in [-0.1, -0.05) is 24.3 Å². The Morgan fingerprint density at radius 3 is 2.59 bits per heavy atom. The summed E-state index contributed by atoms with van der Waals surface area (Å²) in [5.74, 6) is 1.90. The Balaban J connectivity index is 1.18. The molecule has 0 N–H and O–H groups in total. The van der Waals surface area contributed by atoms with Crippen LogP contribution in [0.25, 0.3) is 0 Å². The van der Waals surface area contributed by atoms with Gasteiger partial charge < -0.3 is 19.3 Å². The van der Waals surface area contributed by atoms with E-state index in [0.717, 1.165) is 75.5 Å². The van der Waals surface area contributed by atoms with Gasteiger partial charge in [0.05, 0.1) is 7.11 Å². The molecule has 2 aliphatic heterocycles. The summed E-state index contributed by atoms with van der Waals surface area (Å²) >= 11 is 0. The Morgan fingerprint density at radius 1 is 0.966 bits per heavy atom. The van der Waals surface area contributed by atoms with Crippen molar-refractivity contribution in [1.82, 2.24) is 9.80 Å². The normalized spacial score (nSPS) is 17.8. The van der Waals surface area contributed by atoms with E-state index in [2.05, 4.69) is 11.0 Å². The van der Waals surface area contributed by atoms with Crippen LogP contribution in [-0.4, -0.2) is 61.6 Å². The third-order valence-electron chi connectivity index (χ3n) is 5.97. The molecule has 0 unspecified atom stereocenters. The SMILES string of the molecule is COc1cccc(OC2CCN(CCCN3CCc4ccccc4C3=O)CC2)c1. The monoisotopic (exact) mass is 394 g/mol. The van der Waals surface area contributed by atoms with Crippen molar-refractivity contribution < 1.29 is 14.3 Å². The highest BCUT2D eigenvalue weighted by Crippen LogP contribution is 2.23. The first-order chi connectivity index (χ1) is 14.2.